The predicted molar refractivity (Wildman–Crippen MR) is 80.1 cm³/mol. The van der Waals surface area contributed by atoms with Crippen molar-refractivity contribution in [1.82, 2.24) is 0 Å². The molecule has 2 rings (SSSR count). The Bertz CT molecular complexity index is 598. The molecule has 0 spiro atoms. The number of ketones is 1. The molecule has 0 heterocycles. The standard InChI is InChI=1S/C16H15ClFNO/c1-19(15-4-2-3-14(18)11-15)10-9-16(20)12-5-7-13(17)8-6-12/h2-8,11H,9-10H2,1H3. The van der Waals surface area contributed by atoms with Crippen molar-refractivity contribution in [1.29, 1.82) is 0 Å². The van der Waals surface area contributed by atoms with Gasteiger partial charge >= 0.3 is 0 Å². The molecule has 0 aromatic heterocycles. The maximum atomic E-state index is 13.1. The van der Waals surface area contributed by atoms with E-state index < -0.39 is 0 Å². The lowest BCUT2D eigenvalue weighted by Crippen LogP contribution is -2.21. The van der Waals surface area contributed by atoms with Gasteiger partial charge in [-0.25, -0.2) is 4.39 Å². The van der Waals surface area contributed by atoms with Gasteiger partial charge in [-0.2, -0.15) is 0 Å². The van der Waals surface area contributed by atoms with Crippen LogP contribution in [0.2, 0.25) is 5.02 Å². The Kier molecular flexibility index (Phi) is 4.74. The van der Waals surface area contributed by atoms with E-state index in [1.807, 2.05) is 18.0 Å². The molecule has 0 radical (unpaired) electrons. The number of carbonyl (C=O) groups is 1. The van der Waals surface area contributed by atoms with Crippen molar-refractivity contribution in [2.24, 2.45) is 0 Å². The maximum Gasteiger partial charge on any atom is 0.164 e. The zero-order chi connectivity index (χ0) is 14.5. The summed E-state index contributed by atoms with van der Waals surface area (Å²) >= 11 is 5.78. The van der Waals surface area contributed by atoms with E-state index in [0.29, 0.717) is 23.6 Å². The monoisotopic (exact) mass is 291 g/mol. The second-order valence-corrected chi connectivity index (χ2v) is 5.02. The highest BCUT2D eigenvalue weighted by Gasteiger charge is 2.08. The molecule has 0 unspecified atom stereocenters. The Morgan fingerprint density at radius 1 is 1.20 bits per heavy atom. The third-order valence-corrected chi connectivity index (χ3v) is 3.34. The molecule has 0 saturated carbocycles. The molecule has 0 aliphatic rings. The van der Waals surface area contributed by atoms with Crippen LogP contribution >= 0.6 is 11.6 Å². The fraction of sp³-hybridized carbons (Fsp3) is 0.188. The van der Waals surface area contributed by atoms with Crippen LogP contribution in [0.5, 0.6) is 0 Å². The van der Waals surface area contributed by atoms with Gasteiger partial charge < -0.3 is 4.90 Å². The molecular weight excluding hydrogens is 277 g/mol. The van der Waals surface area contributed by atoms with Gasteiger partial charge in [0.25, 0.3) is 0 Å². The van der Waals surface area contributed by atoms with Crippen molar-refractivity contribution in [2.75, 3.05) is 18.5 Å². The fourth-order valence-electron chi connectivity index (χ4n) is 1.89. The van der Waals surface area contributed by atoms with Crippen LogP contribution in [0.4, 0.5) is 10.1 Å². The van der Waals surface area contributed by atoms with E-state index >= 15 is 0 Å². The SMILES string of the molecule is CN(CCC(=O)c1ccc(Cl)cc1)c1cccc(F)c1. The van der Waals surface area contributed by atoms with Crippen molar-refractivity contribution in [3.8, 4) is 0 Å². The topological polar surface area (TPSA) is 20.3 Å². The average Bonchev–Trinajstić information content (AvgIpc) is 2.45. The first-order valence-corrected chi connectivity index (χ1v) is 6.69. The van der Waals surface area contributed by atoms with Gasteiger partial charge in [0, 0.05) is 36.3 Å². The molecule has 2 aromatic rings. The summed E-state index contributed by atoms with van der Waals surface area (Å²) in [6, 6.07) is 13.1. The first kappa shape index (κ1) is 14.5. The van der Waals surface area contributed by atoms with Crippen molar-refractivity contribution in [3.63, 3.8) is 0 Å². The fourth-order valence-corrected chi connectivity index (χ4v) is 2.02. The number of halogens is 2. The van der Waals surface area contributed by atoms with E-state index in [-0.39, 0.29) is 11.6 Å². The van der Waals surface area contributed by atoms with Gasteiger partial charge in [0.05, 0.1) is 0 Å². The highest BCUT2D eigenvalue weighted by molar-refractivity contribution is 6.30. The van der Waals surface area contributed by atoms with Gasteiger partial charge in [-0.1, -0.05) is 17.7 Å². The minimum absolute atomic E-state index is 0.0462. The predicted octanol–water partition coefficient (Wildman–Crippen LogP) is 4.19. The van der Waals surface area contributed by atoms with Crippen LogP contribution < -0.4 is 4.90 Å². The van der Waals surface area contributed by atoms with E-state index in [1.165, 1.54) is 12.1 Å². The van der Waals surface area contributed by atoms with Gasteiger partial charge in [0.2, 0.25) is 0 Å². The summed E-state index contributed by atoms with van der Waals surface area (Å²) in [6.45, 7) is 0.533. The van der Waals surface area contributed by atoms with Crippen molar-refractivity contribution >= 4 is 23.1 Å². The van der Waals surface area contributed by atoms with Gasteiger partial charge in [-0.05, 0) is 42.5 Å². The lowest BCUT2D eigenvalue weighted by atomic mass is 10.1. The molecule has 0 fully saturated rings. The second kappa shape index (κ2) is 6.53. The molecule has 20 heavy (non-hydrogen) atoms. The van der Waals surface area contributed by atoms with E-state index in [0.717, 1.165) is 5.69 Å². The van der Waals surface area contributed by atoms with E-state index in [4.69, 9.17) is 11.6 Å². The maximum absolute atomic E-state index is 13.1. The summed E-state index contributed by atoms with van der Waals surface area (Å²) < 4.78 is 13.1. The summed E-state index contributed by atoms with van der Waals surface area (Å²) in [5, 5.41) is 0.610. The van der Waals surface area contributed by atoms with Crippen LogP contribution in [0.15, 0.2) is 48.5 Å². The van der Waals surface area contributed by atoms with Crippen LogP contribution in [0, 0.1) is 5.82 Å². The largest absolute Gasteiger partial charge is 0.374 e. The van der Waals surface area contributed by atoms with Crippen molar-refractivity contribution in [3.05, 3.63) is 64.9 Å². The summed E-state index contributed by atoms with van der Waals surface area (Å²) in [5.41, 5.74) is 1.40. The second-order valence-electron chi connectivity index (χ2n) is 4.58. The molecule has 2 aromatic carbocycles. The Morgan fingerprint density at radius 2 is 1.90 bits per heavy atom. The Balaban J connectivity index is 1.94. The van der Waals surface area contributed by atoms with Crippen molar-refractivity contribution < 1.29 is 9.18 Å². The van der Waals surface area contributed by atoms with E-state index in [1.54, 1.807) is 30.3 Å². The molecular formula is C16H15ClFNO. The Labute approximate surface area is 122 Å². The number of Topliss-reactive ketones (excluding diaryl/α,β-unsaturated/α-hetero) is 1. The number of benzene rings is 2. The van der Waals surface area contributed by atoms with Gasteiger partial charge in [-0.15, -0.1) is 0 Å². The zero-order valence-corrected chi connectivity index (χ0v) is 11.9. The van der Waals surface area contributed by atoms with Crippen LogP contribution in [0.1, 0.15) is 16.8 Å². The van der Waals surface area contributed by atoms with Gasteiger partial charge in [0.1, 0.15) is 5.82 Å². The smallest absolute Gasteiger partial charge is 0.164 e. The van der Waals surface area contributed by atoms with Gasteiger partial charge in [0.15, 0.2) is 5.78 Å². The molecule has 0 aliphatic heterocycles. The average molecular weight is 292 g/mol. The number of carbonyl (C=O) groups excluding carboxylic acids is 1. The minimum Gasteiger partial charge on any atom is -0.374 e. The number of hydrogen-bond acceptors (Lipinski definition) is 2. The van der Waals surface area contributed by atoms with Crippen LogP contribution in [-0.2, 0) is 0 Å². The summed E-state index contributed by atoms with van der Waals surface area (Å²) in [5.74, 6) is -0.233. The van der Waals surface area contributed by atoms with Crippen LogP contribution in [0.3, 0.4) is 0 Å². The van der Waals surface area contributed by atoms with E-state index in [9.17, 15) is 9.18 Å². The highest BCUT2D eigenvalue weighted by atomic mass is 35.5. The lowest BCUT2D eigenvalue weighted by Gasteiger charge is -2.18. The van der Waals surface area contributed by atoms with E-state index in [2.05, 4.69) is 0 Å². The first-order valence-electron chi connectivity index (χ1n) is 6.32. The van der Waals surface area contributed by atoms with Crippen LogP contribution in [-0.4, -0.2) is 19.4 Å². The molecule has 0 saturated heterocycles. The molecule has 104 valence electrons. The number of hydrogen-bond donors (Lipinski definition) is 0. The summed E-state index contributed by atoms with van der Waals surface area (Å²) in [6.07, 6.45) is 0.370. The number of rotatable bonds is 5. The molecule has 0 N–H and O–H groups in total. The minimum atomic E-state index is -0.279. The van der Waals surface area contributed by atoms with Gasteiger partial charge in [-0.3, -0.25) is 4.79 Å². The van der Waals surface area contributed by atoms with Crippen molar-refractivity contribution in [2.45, 2.75) is 6.42 Å². The molecule has 0 bridgehead atoms. The first-order chi connectivity index (χ1) is 9.56. The molecule has 2 nitrogen and oxygen atoms in total. The summed E-state index contributed by atoms with van der Waals surface area (Å²) in [7, 11) is 1.84. The Morgan fingerprint density at radius 3 is 2.55 bits per heavy atom. The third kappa shape index (κ3) is 3.81. The molecule has 4 heteroatoms. The quantitative estimate of drug-likeness (QED) is 0.770. The number of anilines is 1. The lowest BCUT2D eigenvalue weighted by molar-refractivity contribution is 0.0985. The molecule has 0 aliphatic carbocycles. The summed E-state index contributed by atoms with van der Waals surface area (Å²) in [4.78, 5) is 13.9. The molecule has 0 amide bonds. The van der Waals surface area contributed by atoms with Crippen LogP contribution in [0.25, 0.3) is 0 Å². The highest BCUT2D eigenvalue weighted by Crippen LogP contribution is 2.15. The zero-order valence-electron chi connectivity index (χ0n) is 11.1. The Hall–Kier alpha value is -1.87. The normalized spacial score (nSPS) is 10.3. The molecule has 0 atom stereocenters. The number of nitrogens with zero attached hydrogens (tertiary/aromatic N) is 1. The third-order valence-electron chi connectivity index (χ3n) is 3.09.